The van der Waals surface area contributed by atoms with Crippen LogP contribution in [0.5, 0.6) is 5.75 Å². The normalized spacial score (nSPS) is 12.3. The Bertz CT molecular complexity index is 1480. The molecule has 8 nitrogen and oxygen atoms in total. The Balaban J connectivity index is 1.62. The minimum Gasteiger partial charge on any atom is -0.489 e. The Kier molecular flexibility index (Phi) is 10.4. The number of carbonyl (C=O) groups excluding carboxylic acids is 1. The first-order valence-corrected chi connectivity index (χ1v) is 13.5. The van der Waals surface area contributed by atoms with Crippen LogP contribution in [-0.4, -0.2) is 54.1 Å². The van der Waals surface area contributed by atoms with Crippen molar-refractivity contribution in [3.05, 3.63) is 102 Å². The fourth-order valence-corrected chi connectivity index (χ4v) is 4.19. The van der Waals surface area contributed by atoms with E-state index in [1.54, 1.807) is 18.2 Å². The summed E-state index contributed by atoms with van der Waals surface area (Å²) < 4.78 is 25.7. The van der Waals surface area contributed by atoms with Crippen molar-refractivity contribution in [3.8, 4) is 5.75 Å². The van der Waals surface area contributed by atoms with Gasteiger partial charge in [0.2, 0.25) is 5.91 Å². The number of hydrogen-bond acceptors (Lipinski definition) is 7. The smallest absolute Gasteiger partial charge is 0.248 e. The van der Waals surface area contributed by atoms with Crippen LogP contribution in [-0.2, 0) is 16.1 Å². The lowest BCUT2D eigenvalue weighted by atomic mass is 10.1. The van der Waals surface area contributed by atoms with Crippen LogP contribution in [0.3, 0.4) is 0 Å². The van der Waals surface area contributed by atoms with Crippen LogP contribution in [0, 0.1) is 5.82 Å². The number of rotatable bonds is 13. The number of ether oxygens (including phenoxy) is 2. The molecular weight excluding hydrogens is 521 g/mol. The van der Waals surface area contributed by atoms with Gasteiger partial charge in [0.05, 0.1) is 36.6 Å². The molecule has 41 heavy (non-hydrogen) atoms. The summed E-state index contributed by atoms with van der Waals surface area (Å²) in [6, 6.07) is 19.6. The van der Waals surface area contributed by atoms with Crippen molar-refractivity contribution in [2.45, 2.75) is 32.6 Å². The maximum absolute atomic E-state index is 13.6. The predicted octanol–water partition coefficient (Wildman–Crippen LogP) is 5.98. The fraction of sp³-hybridized carbons (Fsp3) is 0.281. The molecule has 0 bridgehead atoms. The summed E-state index contributed by atoms with van der Waals surface area (Å²) in [5.41, 5.74) is 2.92. The Morgan fingerprint density at radius 3 is 2.59 bits per heavy atom. The summed E-state index contributed by atoms with van der Waals surface area (Å²) in [5, 5.41) is 7.15. The summed E-state index contributed by atoms with van der Waals surface area (Å²) in [7, 11) is 3.87. The van der Waals surface area contributed by atoms with E-state index in [0.29, 0.717) is 41.3 Å². The minimum atomic E-state index is -0.298. The maximum atomic E-state index is 13.6. The van der Waals surface area contributed by atoms with Gasteiger partial charge in [-0.05, 0) is 57.3 Å². The van der Waals surface area contributed by atoms with Crippen molar-refractivity contribution >= 4 is 28.3 Å². The zero-order chi connectivity index (χ0) is 29.2. The first kappa shape index (κ1) is 29.6. The van der Waals surface area contributed by atoms with Gasteiger partial charge in [-0.1, -0.05) is 48.5 Å². The third kappa shape index (κ3) is 8.83. The van der Waals surface area contributed by atoms with E-state index in [0.717, 1.165) is 11.1 Å². The first-order chi connectivity index (χ1) is 19.8. The average Bonchev–Trinajstić information content (AvgIpc) is 2.93. The highest BCUT2D eigenvalue weighted by Crippen LogP contribution is 2.34. The van der Waals surface area contributed by atoms with Gasteiger partial charge in [-0.15, -0.1) is 0 Å². The molecule has 1 amide bonds. The molecule has 0 radical (unpaired) electrons. The number of halogens is 1. The molecule has 0 fully saturated rings. The average molecular weight is 558 g/mol. The van der Waals surface area contributed by atoms with Crippen molar-refractivity contribution in [2.75, 3.05) is 37.9 Å². The van der Waals surface area contributed by atoms with Crippen LogP contribution in [0.4, 0.5) is 15.9 Å². The molecule has 214 valence electrons. The van der Waals surface area contributed by atoms with E-state index in [1.165, 1.54) is 24.5 Å². The number of carbonyl (C=O) groups is 1. The molecule has 0 aliphatic heterocycles. The number of amides is 1. The molecule has 4 aromatic rings. The topological polar surface area (TPSA) is 88.6 Å². The van der Waals surface area contributed by atoms with Crippen LogP contribution in [0.2, 0.25) is 0 Å². The highest BCUT2D eigenvalue weighted by Gasteiger charge is 2.18. The van der Waals surface area contributed by atoms with Crippen LogP contribution in [0.15, 0.2) is 85.2 Å². The lowest BCUT2D eigenvalue weighted by Crippen LogP contribution is -2.18. The molecule has 3 aromatic carbocycles. The number of anilines is 2. The molecule has 0 unspecified atom stereocenters. The zero-order valence-electron chi connectivity index (χ0n) is 23.8. The second-order valence-corrected chi connectivity index (χ2v) is 10.2. The Morgan fingerprint density at radius 2 is 1.85 bits per heavy atom. The van der Waals surface area contributed by atoms with E-state index >= 15 is 0 Å². The highest BCUT2D eigenvalue weighted by molar-refractivity contribution is 6.03. The molecular formula is C32H36FN5O3. The van der Waals surface area contributed by atoms with Crippen LogP contribution in [0.1, 0.15) is 31.0 Å². The summed E-state index contributed by atoms with van der Waals surface area (Å²) in [6.45, 7) is 5.06. The number of benzene rings is 3. The molecule has 1 aromatic heterocycles. The van der Waals surface area contributed by atoms with Gasteiger partial charge in [-0.2, -0.15) is 0 Å². The van der Waals surface area contributed by atoms with Gasteiger partial charge in [-0.25, -0.2) is 14.4 Å². The van der Waals surface area contributed by atoms with Crippen molar-refractivity contribution in [3.63, 3.8) is 0 Å². The van der Waals surface area contributed by atoms with Crippen molar-refractivity contribution in [2.24, 2.45) is 0 Å². The predicted molar refractivity (Wildman–Crippen MR) is 160 cm³/mol. The molecule has 1 heterocycles. The van der Waals surface area contributed by atoms with E-state index < -0.39 is 0 Å². The second-order valence-electron chi connectivity index (χ2n) is 10.2. The number of nitrogens with zero attached hydrogens (tertiary/aromatic N) is 3. The number of nitrogens with one attached hydrogen (secondary N) is 2. The third-order valence-electron chi connectivity index (χ3n) is 6.05. The zero-order valence-corrected chi connectivity index (χ0v) is 23.8. The molecule has 2 N–H and O–H groups in total. The number of aromatic nitrogens is 2. The summed E-state index contributed by atoms with van der Waals surface area (Å²) >= 11 is 0. The van der Waals surface area contributed by atoms with Gasteiger partial charge in [0.1, 0.15) is 23.7 Å². The van der Waals surface area contributed by atoms with Gasteiger partial charge in [0, 0.05) is 24.1 Å². The Labute approximate surface area is 240 Å². The van der Waals surface area contributed by atoms with Crippen molar-refractivity contribution in [1.29, 1.82) is 0 Å². The maximum Gasteiger partial charge on any atom is 0.248 e. The van der Waals surface area contributed by atoms with E-state index in [9.17, 15) is 9.18 Å². The van der Waals surface area contributed by atoms with Gasteiger partial charge in [0.15, 0.2) is 0 Å². The number of likely N-dealkylation sites (N-methyl/N-ethyl adjacent to an activating group) is 1. The molecule has 0 aliphatic rings. The lowest BCUT2D eigenvalue weighted by molar-refractivity contribution is -0.111. The third-order valence-corrected chi connectivity index (χ3v) is 6.05. The van der Waals surface area contributed by atoms with Gasteiger partial charge in [-0.3, -0.25) is 4.79 Å². The van der Waals surface area contributed by atoms with Crippen LogP contribution in [0.25, 0.3) is 10.9 Å². The largest absolute Gasteiger partial charge is 0.489 e. The Hall–Kier alpha value is -4.34. The van der Waals surface area contributed by atoms with E-state index in [4.69, 9.17) is 9.47 Å². The molecule has 0 saturated heterocycles. The molecule has 4 rings (SSSR count). The lowest BCUT2D eigenvalue weighted by Gasteiger charge is -2.22. The number of hydrogen-bond donors (Lipinski definition) is 2. The molecule has 9 heteroatoms. The van der Waals surface area contributed by atoms with Gasteiger partial charge >= 0.3 is 0 Å². The number of fused-ring (bicyclic) bond motifs is 1. The SMILES string of the molecule is CC(C)Oc1cc2ncnc(N[C@H](COCc3cccc(F)c3)c3ccccc3)c2cc1NC(=O)/C=C/CN(C)C. The fourth-order valence-electron chi connectivity index (χ4n) is 4.19. The van der Waals surface area contributed by atoms with Crippen molar-refractivity contribution < 1.29 is 18.7 Å². The van der Waals surface area contributed by atoms with E-state index in [-0.39, 0.29) is 30.5 Å². The van der Waals surface area contributed by atoms with Crippen LogP contribution < -0.4 is 15.4 Å². The molecule has 0 saturated carbocycles. The monoisotopic (exact) mass is 557 g/mol. The summed E-state index contributed by atoms with van der Waals surface area (Å²) in [6.07, 6.45) is 4.68. The quantitative estimate of drug-likeness (QED) is 0.196. The molecule has 1 atom stereocenters. The molecule has 0 aliphatic carbocycles. The molecule has 0 spiro atoms. The van der Waals surface area contributed by atoms with Gasteiger partial charge < -0.3 is 25.0 Å². The Morgan fingerprint density at radius 1 is 1.05 bits per heavy atom. The minimum absolute atomic E-state index is 0.107. The summed E-state index contributed by atoms with van der Waals surface area (Å²) in [5.74, 6) is 0.532. The van der Waals surface area contributed by atoms with Crippen LogP contribution >= 0.6 is 0 Å². The van der Waals surface area contributed by atoms with E-state index in [1.807, 2.05) is 75.3 Å². The summed E-state index contributed by atoms with van der Waals surface area (Å²) in [4.78, 5) is 23.7. The van der Waals surface area contributed by atoms with E-state index in [2.05, 4.69) is 20.6 Å². The second kappa shape index (κ2) is 14.3. The van der Waals surface area contributed by atoms with Gasteiger partial charge in [0.25, 0.3) is 0 Å². The highest BCUT2D eigenvalue weighted by atomic mass is 19.1. The van der Waals surface area contributed by atoms with Crippen molar-refractivity contribution in [1.82, 2.24) is 14.9 Å². The standard InChI is InChI=1S/C32H36FN5O3/c1-22(2)41-30-18-27-26(17-28(30)36-31(39)14-9-15-38(3)4)32(35-21-34-27)37-29(24-11-6-5-7-12-24)20-40-19-23-10-8-13-25(33)16-23/h5-14,16-18,21-22,29H,15,19-20H2,1-4H3,(H,36,39)(H,34,35,37)/b14-9+/t29-/m1/s1. The first-order valence-electron chi connectivity index (χ1n) is 13.5.